The number of ether oxygens (including phenoxy) is 1. The van der Waals surface area contributed by atoms with Crippen molar-refractivity contribution in [3.05, 3.63) is 29.8 Å². The van der Waals surface area contributed by atoms with Crippen molar-refractivity contribution in [3.8, 4) is 0 Å². The molecule has 3 N–H and O–H groups in total. The van der Waals surface area contributed by atoms with E-state index in [1.54, 1.807) is 4.90 Å². The third-order valence-corrected chi connectivity index (χ3v) is 3.66. The summed E-state index contributed by atoms with van der Waals surface area (Å²) in [5.41, 5.74) is 7.45. The number of anilines is 1. The molecular weight excluding hydrogens is 270 g/mol. The number of hydrogen-bond donors (Lipinski definition) is 2. The largest absolute Gasteiger partial charge is 0.453 e. The van der Waals surface area contributed by atoms with Crippen molar-refractivity contribution in [2.24, 2.45) is 0 Å². The van der Waals surface area contributed by atoms with Gasteiger partial charge in [-0.15, -0.1) is 0 Å². The number of methoxy groups -OCH3 is 1. The molecule has 1 aromatic rings. The zero-order valence-electron chi connectivity index (χ0n) is 12.2. The molecule has 1 heterocycles. The molecule has 2 amide bonds. The third kappa shape index (κ3) is 4.37. The zero-order chi connectivity index (χ0) is 15.2. The van der Waals surface area contributed by atoms with Crippen molar-refractivity contribution in [2.75, 3.05) is 25.9 Å². The van der Waals surface area contributed by atoms with E-state index in [2.05, 4.69) is 10.1 Å². The van der Waals surface area contributed by atoms with Gasteiger partial charge in [0, 0.05) is 25.2 Å². The molecule has 0 radical (unpaired) electrons. The number of nitrogen functional groups attached to an aromatic ring is 1. The molecule has 0 saturated carbocycles. The molecule has 1 saturated heterocycles. The van der Waals surface area contributed by atoms with Gasteiger partial charge in [0.2, 0.25) is 5.91 Å². The number of carbonyl (C=O) groups excluding carboxylic acids is 2. The molecule has 0 aromatic heterocycles. The number of nitrogens with two attached hydrogens (primary N) is 1. The van der Waals surface area contributed by atoms with Crippen LogP contribution in [-0.4, -0.2) is 43.1 Å². The quantitative estimate of drug-likeness (QED) is 0.815. The van der Waals surface area contributed by atoms with Crippen LogP contribution in [0.1, 0.15) is 18.4 Å². The van der Waals surface area contributed by atoms with Crippen LogP contribution in [-0.2, 0) is 16.0 Å². The predicted molar refractivity (Wildman–Crippen MR) is 79.7 cm³/mol. The van der Waals surface area contributed by atoms with Gasteiger partial charge in [-0.3, -0.25) is 4.79 Å². The van der Waals surface area contributed by atoms with E-state index < -0.39 is 6.09 Å². The fourth-order valence-corrected chi connectivity index (χ4v) is 2.42. The number of benzene rings is 1. The summed E-state index contributed by atoms with van der Waals surface area (Å²) in [6, 6.07) is 7.54. The lowest BCUT2D eigenvalue weighted by Gasteiger charge is -2.17. The Kier molecular flexibility index (Phi) is 5.03. The molecule has 1 aromatic carbocycles. The van der Waals surface area contributed by atoms with Gasteiger partial charge in [0.1, 0.15) is 0 Å². The first kappa shape index (κ1) is 15.2. The van der Waals surface area contributed by atoms with E-state index in [0.717, 1.165) is 17.7 Å². The standard InChI is InChI=1S/C15H21N3O3/c1-21-15(20)17-13-8-9-18(10-13)14(19)7-4-11-2-5-12(16)6-3-11/h2-3,5-6,13H,4,7-10,16H2,1H3,(H,17,20). The highest BCUT2D eigenvalue weighted by molar-refractivity contribution is 5.77. The minimum Gasteiger partial charge on any atom is -0.453 e. The Morgan fingerprint density at radius 1 is 1.38 bits per heavy atom. The third-order valence-electron chi connectivity index (χ3n) is 3.66. The molecule has 1 aliphatic heterocycles. The number of likely N-dealkylation sites (tertiary alicyclic amines) is 1. The maximum absolute atomic E-state index is 12.1. The van der Waals surface area contributed by atoms with E-state index in [1.807, 2.05) is 24.3 Å². The summed E-state index contributed by atoms with van der Waals surface area (Å²) in [5, 5.41) is 2.72. The molecule has 0 bridgehead atoms. The Morgan fingerprint density at radius 3 is 2.76 bits per heavy atom. The molecule has 2 rings (SSSR count). The molecular formula is C15H21N3O3. The van der Waals surface area contributed by atoms with E-state index in [1.165, 1.54) is 7.11 Å². The number of alkyl carbamates (subject to hydrolysis) is 1. The number of amides is 2. The van der Waals surface area contributed by atoms with Crippen LogP contribution in [0.3, 0.4) is 0 Å². The van der Waals surface area contributed by atoms with Gasteiger partial charge in [-0.1, -0.05) is 12.1 Å². The van der Waals surface area contributed by atoms with Gasteiger partial charge in [-0.2, -0.15) is 0 Å². The Labute approximate surface area is 124 Å². The highest BCUT2D eigenvalue weighted by atomic mass is 16.5. The first-order chi connectivity index (χ1) is 10.1. The van der Waals surface area contributed by atoms with Gasteiger partial charge in [-0.25, -0.2) is 4.79 Å². The fraction of sp³-hybridized carbons (Fsp3) is 0.467. The molecule has 1 unspecified atom stereocenters. The van der Waals surface area contributed by atoms with Crippen LogP contribution < -0.4 is 11.1 Å². The van der Waals surface area contributed by atoms with Gasteiger partial charge in [0.05, 0.1) is 13.2 Å². The molecule has 6 nitrogen and oxygen atoms in total. The van der Waals surface area contributed by atoms with Crippen molar-refractivity contribution in [1.29, 1.82) is 0 Å². The SMILES string of the molecule is COC(=O)NC1CCN(C(=O)CCc2ccc(N)cc2)C1. The Hall–Kier alpha value is -2.24. The summed E-state index contributed by atoms with van der Waals surface area (Å²) in [7, 11) is 1.33. The average Bonchev–Trinajstić information content (AvgIpc) is 2.94. The van der Waals surface area contributed by atoms with Crippen LogP contribution in [0.25, 0.3) is 0 Å². The molecule has 1 atom stereocenters. The molecule has 1 aliphatic rings. The number of nitrogens with one attached hydrogen (secondary N) is 1. The molecule has 21 heavy (non-hydrogen) atoms. The number of carbonyl (C=O) groups is 2. The molecule has 0 aliphatic carbocycles. The fourth-order valence-electron chi connectivity index (χ4n) is 2.42. The van der Waals surface area contributed by atoms with E-state index in [9.17, 15) is 9.59 Å². The second-order valence-corrected chi connectivity index (χ2v) is 5.20. The van der Waals surface area contributed by atoms with Crippen LogP contribution in [0, 0.1) is 0 Å². The van der Waals surface area contributed by atoms with E-state index in [4.69, 9.17) is 5.73 Å². The van der Waals surface area contributed by atoms with Gasteiger partial charge in [-0.05, 0) is 30.5 Å². The van der Waals surface area contributed by atoms with Gasteiger partial charge in [0.25, 0.3) is 0 Å². The van der Waals surface area contributed by atoms with Gasteiger partial charge < -0.3 is 20.7 Å². The van der Waals surface area contributed by atoms with Crippen LogP contribution in [0.4, 0.5) is 10.5 Å². The Morgan fingerprint density at radius 2 is 2.10 bits per heavy atom. The van der Waals surface area contributed by atoms with Crippen LogP contribution in [0.2, 0.25) is 0 Å². The summed E-state index contributed by atoms with van der Waals surface area (Å²) in [4.78, 5) is 25.1. The van der Waals surface area contributed by atoms with Crippen molar-refractivity contribution in [1.82, 2.24) is 10.2 Å². The second kappa shape index (κ2) is 6.97. The first-order valence-corrected chi connectivity index (χ1v) is 7.05. The van der Waals surface area contributed by atoms with E-state index >= 15 is 0 Å². The normalized spacial score (nSPS) is 17.6. The van der Waals surface area contributed by atoms with Crippen LogP contribution in [0.5, 0.6) is 0 Å². The summed E-state index contributed by atoms with van der Waals surface area (Å²) in [6.07, 6.45) is 1.48. The summed E-state index contributed by atoms with van der Waals surface area (Å²) >= 11 is 0. The lowest BCUT2D eigenvalue weighted by Crippen LogP contribution is -2.38. The highest BCUT2D eigenvalue weighted by Crippen LogP contribution is 2.13. The minimum atomic E-state index is -0.448. The molecule has 114 valence electrons. The highest BCUT2D eigenvalue weighted by Gasteiger charge is 2.27. The first-order valence-electron chi connectivity index (χ1n) is 7.05. The molecule has 0 spiro atoms. The monoisotopic (exact) mass is 291 g/mol. The van der Waals surface area contributed by atoms with Crippen molar-refractivity contribution >= 4 is 17.7 Å². The Bertz CT molecular complexity index is 501. The number of hydrogen-bond acceptors (Lipinski definition) is 4. The van der Waals surface area contributed by atoms with Crippen molar-refractivity contribution in [2.45, 2.75) is 25.3 Å². The maximum Gasteiger partial charge on any atom is 0.407 e. The molecule has 6 heteroatoms. The topological polar surface area (TPSA) is 84.7 Å². The van der Waals surface area contributed by atoms with E-state index in [0.29, 0.717) is 25.9 Å². The van der Waals surface area contributed by atoms with Gasteiger partial charge >= 0.3 is 6.09 Å². The number of nitrogens with zero attached hydrogens (tertiary/aromatic N) is 1. The number of rotatable bonds is 4. The maximum atomic E-state index is 12.1. The van der Waals surface area contributed by atoms with Crippen LogP contribution >= 0.6 is 0 Å². The number of aryl methyl sites for hydroxylation is 1. The molecule has 1 fully saturated rings. The summed E-state index contributed by atoms with van der Waals surface area (Å²) in [5.74, 6) is 0.112. The van der Waals surface area contributed by atoms with Crippen molar-refractivity contribution in [3.63, 3.8) is 0 Å². The van der Waals surface area contributed by atoms with Gasteiger partial charge in [0.15, 0.2) is 0 Å². The van der Waals surface area contributed by atoms with E-state index in [-0.39, 0.29) is 11.9 Å². The smallest absolute Gasteiger partial charge is 0.407 e. The lowest BCUT2D eigenvalue weighted by molar-refractivity contribution is -0.130. The average molecular weight is 291 g/mol. The van der Waals surface area contributed by atoms with Crippen LogP contribution in [0.15, 0.2) is 24.3 Å². The lowest BCUT2D eigenvalue weighted by atomic mass is 10.1. The predicted octanol–water partition coefficient (Wildman–Crippen LogP) is 1.16. The summed E-state index contributed by atoms with van der Waals surface area (Å²) < 4.78 is 4.56. The zero-order valence-corrected chi connectivity index (χ0v) is 12.2. The second-order valence-electron chi connectivity index (χ2n) is 5.20. The Balaban J connectivity index is 1.76. The van der Waals surface area contributed by atoms with Crippen molar-refractivity contribution < 1.29 is 14.3 Å². The minimum absolute atomic E-state index is 0.0158. The summed E-state index contributed by atoms with van der Waals surface area (Å²) in [6.45, 7) is 1.23.